The first-order chi connectivity index (χ1) is 12.9. The van der Waals surface area contributed by atoms with Crippen molar-refractivity contribution in [2.75, 3.05) is 0 Å². The zero-order valence-electron chi connectivity index (χ0n) is 14.5. The van der Waals surface area contributed by atoms with Gasteiger partial charge in [0.1, 0.15) is 11.5 Å². The van der Waals surface area contributed by atoms with Gasteiger partial charge in [0.05, 0.1) is 10.0 Å². The van der Waals surface area contributed by atoms with Crippen molar-refractivity contribution in [1.82, 2.24) is 0 Å². The second kappa shape index (κ2) is 14.8. The van der Waals surface area contributed by atoms with Gasteiger partial charge in [-0.25, -0.2) is 0 Å². The third-order valence-corrected chi connectivity index (χ3v) is 3.44. The first kappa shape index (κ1) is 27.9. The number of hydrogen-bond acceptors (Lipinski definition) is 5. The summed E-state index contributed by atoms with van der Waals surface area (Å²) in [4.78, 5) is 0. The first-order valence-electron chi connectivity index (χ1n) is 7.36. The van der Waals surface area contributed by atoms with Crippen LogP contribution in [0, 0.1) is 0 Å². The van der Waals surface area contributed by atoms with Crippen LogP contribution in [0.3, 0.4) is 0 Å². The SMILES string of the molecule is CC(O)Oc1ccc(Cl)cc1Cl.CC(O)Oc1ccc(Cl)cc1Cl.O=[PH](Cl)Cl. The summed E-state index contributed by atoms with van der Waals surface area (Å²) < 4.78 is 19.1. The highest BCUT2D eigenvalue weighted by atomic mass is 35.9. The highest BCUT2D eigenvalue weighted by Crippen LogP contribution is 2.31. The first-order valence-corrected chi connectivity index (χ1v) is 12.3. The molecule has 0 saturated carbocycles. The molecule has 0 aliphatic heterocycles. The van der Waals surface area contributed by atoms with Crippen LogP contribution >= 0.6 is 75.4 Å². The monoisotopic (exact) mass is 530 g/mol. The largest absolute Gasteiger partial charge is 0.464 e. The fourth-order valence-corrected chi connectivity index (χ4v) is 2.42. The molecule has 0 bridgehead atoms. The minimum atomic E-state index is -2.19. The van der Waals surface area contributed by atoms with E-state index in [0.717, 1.165) is 0 Å². The van der Waals surface area contributed by atoms with Crippen molar-refractivity contribution in [3.05, 3.63) is 56.5 Å². The quantitative estimate of drug-likeness (QED) is 0.320. The molecule has 12 heteroatoms. The Balaban J connectivity index is 0.000000439. The Bertz CT molecular complexity index is 699. The Hall–Kier alpha value is -0.0700. The lowest BCUT2D eigenvalue weighted by molar-refractivity contribution is -0.000798. The minimum Gasteiger partial charge on any atom is -0.464 e. The number of benzene rings is 2. The molecule has 2 unspecified atom stereocenters. The number of aliphatic hydroxyl groups is 2. The average Bonchev–Trinajstić information content (AvgIpc) is 2.52. The Morgan fingerprint density at radius 2 is 1.07 bits per heavy atom. The van der Waals surface area contributed by atoms with E-state index in [-0.39, 0.29) is 0 Å². The molecule has 28 heavy (non-hydrogen) atoms. The maximum Gasteiger partial charge on any atom is 0.241 e. The third kappa shape index (κ3) is 14.0. The van der Waals surface area contributed by atoms with Gasteiger partial charge in [0.15, 0.2) is 12.6 Å². The van der Waals surface area contributed by atoms with E-state index in [2.05, 4.69) is 22.5 Å². The van der Waals surface area contributed by atoms with Crippen LogP contribution in [0.15, 0.2) is 36.4 Å². The van der Waals surface area contributed by atoms with E-state index >= 15 is 0 Å². The van der Waals surface area contributed by atoms with E-state index in [1.54, 1.807) is 36.4 Å². The topological polar surface area (TPSA) is 76.0 Å². The summed E-state index contributed by atoms with van der Waals surface area (Å²) in [7, 11) is 0. The molecule has 2 atom stereocenters. The van der Waals surface area contributed by atoms with Crippen LogP contribution in [0.2, 0.25) is 20.1 Å². The van der Waals surface area contributed by atoms with Gasteiger partial charge in [-0.1, -0.05) is 46.4 Å². The summed E-state index contributed by atoms with van der Waals surface area (Å²) in [6.07, 6.45) is -1.74. The summed E-state index contributed by atoms with van der Waals surface area (Å²) in [5.74, 6) is 0.854. The van der Waals surface area contributed by atoms with Gasteiger partial charge in [-0.3, -0.25) is 4.57 Å². The minimum absolute atomic E-state index is 0.392. The second-order valence-electron chi connectivity index (χ2n) is 4.81. The molecule has 0 aliphatic carbocycles. The van der Waals surface area contributed by atoms with Crippen LogP contribution in [-0.2, 0) is 4.57 Å². The zero-order chi connectivity index (χ0) is 21.9. The van der Waals surface area contributed by atoms with Crippen molar-refractivity contribution >= 4 is 75.4 Å². The molecule has 0 aliphatic rings. The summed E-state index contributed by atoms with van der Waals surface area (Å²) in [5, 5.41) is 19.6. The molecule has 0 heterocycles. The van der Waals surface area contributed by atoms with Crippen molar-refractivity contribution in [2.24, 2.45) is 0 Å². The average molecular weight is 533 g/mol. The van der Waals surface area contributed by atoms with Crippen molar-refractivity contribution in [2.45, 2.75) is 26.4 Å². The molecule has 0 saturated heterocycles. The number of aliphatic hydroxyl groups excluding tert-OH is 2. The van der Waals surface area contributed by atoms with E-state index in [9.17, 15) is 0 Å². The molecule has 158 valence electrons. The van der Waals surface area contributed by atoms with Gasteiger partial charge < -0.3 is 19.7 Å². The van der Waals surface area contributed by atoms with Crippen molar-refractivity contribution < 1.29 is 24.3 Å². The standard InChI is InChI=1S/2C8H8Cl2O2.Cl2HOP/c2*1-5(11)12-8-3-2-6(9)4-7(8)10;1-4(2)3/h2*2-5,11H,1H3;4H. The zero-order valence-corrected chi connectivity index (χ0v) is 20.0. The van der Waals surface area contributed by atoms with Gasteiger partial charge in [-0.05, 0) is 72.7 Å². The Morgan fingerprint density at radius 3 is 1.29 bits per heavy atom. The second-order valence-corrected chi connectivity index (χ2v) is 9.59. The molecule has 0 amide bonds. The lowest BCUT2D eigenvalue weighted by Crippen LogP contribution is -2.09. The van der Waals surface area contributed by atoms with Crippen molar-refractivity contribution in [3.63, 3.8) is 0 Å². The summed E-state index contributed by atoms with van der Waals surface area (Å²) in [5.41, 5.74) is 0. The van der Waals surface area contributed by atoms with Gasteiger partial charge in [-0.15, -0.1) is 0 Å². The van der Waals surface area contributed by atoms with E-state index in [4.69, 9.17) is 70.7 Å². The number of hydrogen-bond donors (Lipinski definition) is 2. The molecule has 0 spiro atoms. The van der Waals surface area contributed by atoms with Crippen molar-refractivity contribution in [1.29, 1.82) is 0 Å². The molecule has 0 radical (unpaired) electrons. The Kier molecular flexibility index (Phi) is 14.8. The molecule has 5 nitrogen and oxygen atoms in total. The molecule has 2 aromatic rings. The van der Waals surface area contributed by atoms with Gasteiger partial charge >= 0.3 is 0 Å². The number of ether oxygens (including phenoxy) is 2. The lowest BCUT2D eigenvalue weighted by atomic mass is 10.3. The molecule has 0 aromatic heterocycles. The van der Waals surface area contributed by atoms with Crippen LogP contribution in [0.5, 0.6) is 11.5 Å². The van der Waals surface area contributed by atoms with Gasteiger partial charge in [-0.2, -0.15) is 0 Å². The molecule has 2 aromatic carbocycles. The van der Waals surface area contributed by atoms with Crippen LogP contribution in [0.1, 0.15) is 13.8 Å². The third-order valence-electron chi connectivity index (χ3n) is 2.38. The fourth-order valence-electron chi connectivity index (χ4n) is 1.51. The molecular weight excluding hydrogens is 516 g/mol. The smallest absolute Gasteiger partial charge is 0.241 e. The van der Waals surface area contributed by atoms with E-state index in [1.165, 1.54) is 13.8 Å². The summed E-state index contributed by atoms with van der Waals surface area (Å²) in [6, 6.07) is 9.62. The van der Waals surface area contributed by atoms with E-state index in [1.807, 2.05) is 0 Å². The van der Waals surface area contributed by atoms with E-state index in [0.29, 0.717) is 31.6 Å². The maximum atomic E-state index is 9.16. The van der Waals surface area contributed by atoms with Gasteiger partial charge in [0.25, 0.3) is 0 Å². The molecule has 2 N–H and O–H groups in total. The van der Waals surface area contributed by atoms with Crippen molar-refractivity contribution in [3.8, 4) is 11.5 Å². The molecular formula is C16H17Cl6O5P. The normalized spacial score (nSPS) is 12.1. The highest BCUT2D eigenvalue weighted by Gasteiger charge is 2.05. The summed E-state index contributed by atoms with van der Waals surface area (Å²) >= 11 is 32.0. The Labute approximate surface area is 193 Å². The summed E-state index contributed by atoms with van der Waals surface area (Å²) in [6.45, 7) is 0.825. The number of rotatable bonds is 4. The van der Waals surface area contributed by atoms with E-state index < -0.39 is 19.1 Å². The lowest BCUT2D eigenvalue weighted by Gasteiger charge is -2.09. The Morgan fingerprint density at radius 1 is 0.786 bits per heavy atom. The van der Waals surface area contributed by atoms with Gasteiger partial charge in [0.2, 0.25) is 6.51 Å². The number of halogens is 6. The molecule has 2 rings (SSSR count). The van der Waals surface area contributed by atoms with Crippen LogP contribution in [-0.4, -0.2) is 22.8 Å². The van der Waals surface area contributed by atoms with Crippen LogP contribution < -0.4 is 9.47 Å². The van der Waals surface area contributed by atoms with Gasteiger partial charge in [0, 0.05) is 10.0 Å². The predicted molar refractivity (Wildman–Crippen MR) is 118 cm³/mol. The predicted octanol–water partition coefficient (Wildman–Crippen LogP) is 7.27. The highest BCUT2D eigenvalue weighted by molar-refractivity contribution is 7.95. The van der Waals surface area contributed by atoms with Crippen LogP contribution in [0.4, 0.5) is 0 Å². The van der Waals surface area contributed by atoms with Crippen LogP contribution in [0.25, 0.3) is 0 Å². The fraction of sp³-hybridized carbons (Fsp3) is 0.250. The maximum absolute atomic E-state index is 9.16. The molecule has 0 fully saturated rings.